The summed E-state index contributed by atoms with van der Waals surface area (Å²) in [6.07, 6.45) is -0.609. The van der Waals surface area contributed by atoms with Crippen LogP contribution in [0.3, 0.4) is 0 Å². The van der Waals surface area contributed by atoms with Crippen molar-refractivity contribution >= 4 is 46.5 Å². The van der Waals surface area contributed by atoms with Gasteiger partial charge in [0.25, 0.3) is 11.8 Å². The molecule has 7 rings (SSSR count). The van der Waals surface area contributed by atoms with Gasteiger partial charge in [-0.15, -0.1) is 10.2 Å². The number of benzene rings is 3. The van der Waals surface area contributed by atoms with Gasteiger partial charge in [-0.25, -0.2) is 9.18 Å². The number of halogens is 2. The highest BCUT2D eigenvalue weighted by Gasteiger charge is 2.42. The van der Waals surface area contributed by atoms with Crippen molar-refractivity contribution in [2.75, 3.05) is 23.3 Å². The van der Waals surface area contributed by atoms with Crippen LogP contribution in [0.1, 0.15) is 70.9 Å². The maximum absolute atomic E-state index is 14.8. The summed E-state index contributed by atoms with van der Waals surface area (Å²) >= 11 is 5.98. The van der Waals surface area contributed by atoms with Crippen LogP contribution in [0.15, 0.2) is 65.8 Å². The number of anilines is 2. The fourth-order valence-corrected chi connectivity index (χ4v) is 6.94. The fourth-order valence-electron chi connectivity index (χ4n) is 6.77. The first-order valence-corrected chi connectivity index (χ1v) is 16.4. The molecule has 0 saturated carbocycles. The van der Waals surface area contributed by atoms with Crippen molar-refractivity contribution in [3.8, 4) is 0 Å². The van der Waals surface area contributed by atoms with Gasteiger partial charge in [0.05, 0.1) is 22.8 Å². The van der Waals surface area contributed by atoms with Crippen LogP contribution in [0.4, 0.5) is 15.8 Å². The molecule has 0 radical (unpaired) electrons. The second kappa shape index (κ2) is 13.0. The lowest BCUT2D eigenvalue weighted by Crippen LogP contribution is -2.49. The van der Waals surface area contributed by atoms with Gasteiger partial charge in [-0.05, 0) is 60.0 Å². The molecule has 3 aromatic carbocycles. The van der Waals surface area contributed by atoms with Crippen molar-refractivity contribution in [3.63, 3.8) is 0 Å². The molecule has 0 bridgehead atoms. The van der Waals surface area contributed by atoms with E-state index < -0.39 is 35.7 Å². The van der Waals surface area contributed by atoms with Crippen molar-refractivity contribution in [1.29, 1.82) is 0 Å². The molecule has 252 valence electrons. The van der Waals surface area contributed by atoms with E-state index in [9.17, 15) is 23.9 Å². The summed E-state index contributed by atoms with van der Waals surface area (Å²) in [5, 5.41) is 25.0. The van der Waals surface area contributed by atoms with Crippen LogP contribution in [0, 0.1) is 5.82 Å². The Balaban J connectivity index is 1.19. The minimum atomic E-state index is -1.09. The molecule has 1 aromatic heterocycles. The Labute approximate surface area is 286 Å². The zero-order valence-electron chi connectivity index (χ0n) is 26.8. The second-order valence-corrected chi connectivity index (χ2v) is 12.9. The van der Waals surface area contributed by atoms with Crippen LogP contribution < -0.4 is 10.2 Å². The average molecular weight is 686 g/mol. The molecule has 14 heteroatoms. The topological polar surface area (TPSA) is 142 Å². The zero-order chi connectivity index (χ0) is 34.4. The van der Waals surface area contributed by atoms with E-state index in [4.69, 9.17) is 16.4 Å². The first-order valence-electron chi connectivity index (χ1n) is 16.0. The number of nitrogens with one attached hydrogen (secondary N) is 1. The summed E-state index contributed by atoms with van der Waals surface area (Å²) in [4.78, 5) is 48.9. The van der Waals surface area contributed by atoms with Crippen LogP contribution in [0.25, 0.3) is 0 Å². The molecule has 0 unspecified atom stereocenters. The Hall–Kier alpha value is -5.30. The minimum Gasteiger partial charge on any atom is -0.478 e. The number of hydrogen-bond acceptors (Lipinski definition) is 8. The van der Waals surface area contributed by atoms with Crippen molar-refractivity contribution in [1.82, 2.24) is 19.7 Å². The van der Waals surface area contributed by atoms with E-state index in [1.54, 1.807) is 6.07 Å². The normalized spacial score (nSPS) is 18.4. The molecule has 0 aliphatic carbocycles. The Morgan fingerprint density at radius 2 is 1.80 bits per heavy atom. The molecule has 2 amide bonds. The summed E-state index contributed by atoms with van der Waals surface area (Å²) in [6.45, 7) is 6.37. The number of aromatic carboxylic acids is 1. The number of fused-ring (bicyclic) bond motifs is 2. The molecular weight excluding hydrogens is 653 g/mol. The van der Waals surface area contributed by atoms with E-state index in [0.717, 1.165) is 29.4 Å². The molecule has 4 heterocycles. The van der Waals surface area contributed by atoms with Gasteiger partial charge >= 0.3 is 5.97 Å². The van der Waals surface area contributed by atoms with E-state index in [0.29, 0.717) is 30.8 Å². The quantitative estimate of drug-likeness (QED) is 0.271. The first-order chi connectivity index (χ1) is 23.6. The Morgan fingerprint density at radius 3 is 2.55 bits per heavy atom. The van der Waals surface area contributed by atoms with E-state index in [1.165, 1.54) is 41.3 Å². The average Bonchev–Trinajstić information content (AvgIpc) is 3.76. The number of hydrogen-bond donors (Lipinski definition) is 2. The van der Waals surface area contributed by atoms with Crippen LogP contribution in [-0.2, 0) is 33.9 Å². The molecule has 49 heavy (non-hydrogen) atoms. The molecule has 3 aliphatic heterocycles. The highest BCUT2D eigenvalue weighted by molar-refractivity contribution is 6.31. The van der Waals surface area contributed by atoms with Gasteiger partial charge in [-0.2, -0.15) is 0 Å². The van der Waals surface area contributed by atoms with E-state index in [-0.39, 0.29) is 40.7 Å². The molecule has 0 saturated heterocycles. The van der Waals surface area contributed by atoms with Crippen LogP contribution in [0.5, 0.6) is 0 Å². The molecule has 0 fully saturated rings. The van der Waals surface area contributed by atoms with Crippen LogP contribution in [0.2, 0.25) is 5.02 Å². The predicted molar refractivity (Wildman–Crippen MR) is 179 cm³/mol. The van der Waals surface area contributed by atoms with Gasteiger partial charge in [0.15, 0.2) is 11.6 Å². The maximum Gasteiger partial charge on any atom is 0.335 e. The van der Waals surface area contributed by atoms with Crippen molar-refractivity contribution in [2.24, 2.45) is 5.16 Å². The largest absolute Gasteiger partial charge is 0.478 e. The van der Waals surface area contributed by atoms with Crippen LogP contribution >= 0.6 is 11.6 Å². The summed E-state index contributed by atoms with van der Waals surface area (Å²) in [7, 11) is 0. The number of carbonyl (C=O) groups is 3. The number of carboxylic acids is 1. The predicted octanol–water partition coefficient (Wildman–Crippen LogP) is 5.17. The zero-order valence-corrected chi connectivity index (χ0v) is 27.5. The molecule has 2 N–H and O–H groups in total. The molecule has 4 aromatic rings. The van der Waals surface area contributed by atoms with Crippen molar-refractivity contribution in [2.45, 2.75) is 57.8 Å². The Bertz CT molecular complexity index is 2000. The second-order valence-electron chi connectivity index (χ2n) is 12.5. The lowest BCUT2D eigenvalue weighted by atomic mass is 9.89. The highest BCUT2D eigenvalue weighted by Crippen LogP contribution is 2.39. The van der Waals surface area contributed by atoms with E-state index in [1.807, 2.05) is 18.2 Å². The number of carboxylic acid groups (broad SMARTS) is 1. The van der Waals surface area contributed by atoms with Gasteiger partial charge in [0.1, 0.15) is 11.9 Å². The Morgan fingerprint density at radius 1 is 1.02 bits per heavy atom. The third-order valence-corrected chi connectivity index (χ3v) is 9.46. The summed E-state index contributed by atoms with van der Waals surface area (Å²) < 4.78 is 17.0. The summed E-state index contributed by atoms with van der Waals surface area (Å²) in [6, 6.07) is 15.0. The number of carbonyl (C=O) groups excluding carboxylic acids is 2. The summed E-state index contributed by atoms with van der Waals surface area (Å²) in [5.41, 5.74) is 3.39. The third kappa shape index (κ3) is 5.99. The minimum absolute atomic E-state index is 0.00267. The fraction of sp³-hybridized carbons (Fsp3) is 0.314. The van der Waals surface area contributed by atoms with Gasteiger partial charge in [-0.3, -0.25) is 9.59 Å². The number of oxime groups is 1. The SMILES string of the molecule is CC(C)c1nnc2n1CCN(c1cccc3c1CCN(C(=O)[C@@H]1CC(c4cccc(Cl)c4F)=NO1)[C@H]3C(=O)Nc1ccc(C(=O)O)cc1)C2. The third-order valence-electron chi connectivity index (χ3n) is 9.17. The smallest absolute Gasteiger partial charge is 0.335 e. The summed E-state index contributed by atoms with van der Waals surface area (Å²) in [5.74, 6) is -0.621. The van der Waals surface area contributed by atoms with Crippen LogP contribution in [-0.4, -0.2) is 67.5 Å². The van der Waals surface area contributed by atoms with Crippen molar-refractivity contribution < 1.29 is 28.7 Å². The molecule has 12 nitrogen and oxygen atoms in total. The number of rotatable bonds is 7. The molecular formula is C35H33ClFN7O5. The molecule has 2 atom stereocenters. The number of aromatic nitrogens is 3. The number of nitrogens with zero attached hydrogens (tertiary/aromatic N) is 6. The van der Waals surface area contributed by atoms with E-state index >= 15 is 0 Å². The maximum atomic E-state index is 14.8. The van der Waals surface area contributed by atoms with Gasteiger partial charge in [-0.1, -0.05) is 48.8 Å². The van der Waals surface area contributed by atoms with Crippen molar-refractivity contribution in [3.05, 3.63) is 105 Å². The van der Waals surface area contributed by atoms with Gasteiger partial charge < -0.3 is 29.6 Å². The van der Waals surface area contributed by atoms with Gasteiger partial charge in [0, 0.05) is 48.9 Å². The first kappa shape index (κ1) is 32.3. The molecule has 3 aliphatic rings. The standard InChI is InChI=1S/C35H33ClFN7O5/c1-19(2)32-40-39-29-18-42(15-16-43(29)32)27-8-4-5-23-22(27)13-14-44(31(23)33(45)38-21-11-9-20(10-12-21)35(47)48)34(46)28-17-26(41-49-28)24-6-3-7-25(36)30(24)37/h3-12,19,28,31H,13-18H2,1-2H3,(H,38,45)(H,47,48)/t28-,31+/m0/s1. The monoisotopic (exact) mass is 685 g/mol. The lowest BCUT2D eigenvalue weighted by Gasteiger charge is -2.40. The highest BCUT2D eigenvalue weighted by atomic mass is 35.5. The van der Waals surface area contributed by atoms with Gasteiger partial charge in [0.2, 0.25) is 6.10 Å². The Kier molecular flexibility index (Phi) is 8.53. The van der Waals surface area contributed by atoms with E-state index in [2.05, 4.69) is 44.0 Å². The number of amides is 2. The lowest BCUT2D eigenvalue weighted by molar-refractivity contribution is -0.148. The molecule has 0 spiro atoms.